The predicted octanol–water partition coefficient (Wildman–Crippen LogP) is 5.74. The van der Waals surface area contributed by atoms with Crippen molar-refractivity contribution >= 4 is 0 Å². The van der Waals surface area contributed by atoms with Crippen molar-refractivity contribution in [3.63, 3.8) is 0 Å². The van der Waals surface area contributed by atoms with Crippen LogP contribution in [0.2, 0.25) is 0 Å². The number of phenols is 1. The van der Waals surface area contributed by atoms with E-state index in [0.717, 1.165) is 26.2 Å². The van der Waals surface area contributed by atoms with Crippen LogP contribution < -0.4 is 4.74 Å². The molecule has 1 aliphatic carbocycles. The highest BCUT2D eigenvalue weighted by atomic mass is 16.5. The zero-order valence-corrected chi connectivity index (χ0v) is 13.4. The highest BCUT2D eigenvalue weighted by molar-refractivity contribution is 5.53. The Morgan fingerprint density at radius 2 is 2.30 bits per heavy atom. The summed E-state index contributed by atoms with van der Waals surface area (Å²) >= 11 is 0. The molecule has 0 fully saturated rings. The molecule has 126 valence electrons. The Hall–Kier alpha value is -1.44. The van der Waals surface area contributed by atoms with Crippen LogP contribution in [-0.4, -0.2) is 10.7 Å². The van der Waals surface area contributed by atoms with Gasteiger partial charge in [0.1, 0.15) is 17.1 Å². The van der Waals surface area contributed by atoms with Gasteiger partial charge < -0.3 is 9.84 Å². The maximum Gasteiger partial charge on any atom is 0.127 e. The van der Waals surface area contributed by atoms with Crippen LogP contribution in [0.5, 0.6) is 11.5 Å². The van der Waals surface area contributed by atoms with Crippen LogP contribution in [0, 0.1) is 5.89 Å². The second-order valence-corrected chi connectivity index (χ2v) is 6.13. The SMILES string of the molecule is [2H]C1=C(C)C([2H])([2H])C([2H])([2H])[C@]2([2H])[C@@H]1c1c(O)cc(CCCCC)cc1OC2(C([2H])([2H])[2H])C([2H])([2H])[2H]. The maximum atomic E-state index is 11.0. The third-order valence-corrected chi connectivity index (χ3v) is 4.21. The Kier molecular flexibility index (Phi) is 1.95. The van der Waals surface area contributed by atoms with Crippen LogP contribution in [0.1, 0.15) is 93.1 Å². The number of hydrogen-bond acceptors (Lipinski definition) is 2. The molecule has 0 bridgehead atoms. The minimum absolute atomic E-state index is 0.285. The third kappa shape index (κ3) is 3.13. The molecule has 23 heavy (non-hydrogen) atoms. The Balaban J connectivity index is 2.51. The minimum Gasteiger partial charge on any atom is -0.507 e. The third-order valence-electron chi connectivity index (χ3n) is 4.21. The molecule has 0 unspecified atom stereocenters. The molecular weight excluding hydrogens is 284 g/mol. The summed E-state index contributed by atoms with van der Waals surface area (Å²) in [5.41, 5.74) is -3.73. The molecule has 0 radical (unpaired) electrons. The fraction of sp³-hybridized carbons (Fsp3) is 0.619. The van der Waals surface area contributed by atoms with E-state index in [2.05, 4.69) is 0 Å². The lowest BCUT2D eigenvalue weighted by atomic mass is 9.68. The maximum absolute atomic E-state index is 11.0. The summed E-state index contributed by atoms with van der Waals surface area (Å²) in [5.74, 6) is -6.15. The zero-order valence-electron chi connectivity index (χ0n) is 25.4. The fourth-order valence-corrected chi connectivity index (χ4v) is 3.05. The average Bonchev–Trinajstić information content (AvgIpc) is 2.70. The van der Waals surface area contributed by atoms with Crippen LogP contribution in [0.4, 0.5) is 0 Å². The van der Waals surface area contributed by atoms with E-state index in [9.17, 15) is 6.48 Å². The molecule has 0 saturated heterocycles. The second kappa shape index (κ2) is 6.22. The topological polar surface area (TPSA) is 29.5 Å². The number of benzene rings is 1. The highest BCUT2D eigenvalue weighted by Crippen LogP contribution is 2.53. The van der Waals surface area contributed by atoms with Crippen LogP contribution in [-0.2, 0) is 6.42 Å². The molecular formula is C21H30O2. The minimum atomic E-state index is -3.64. The first-order valence-corrected chi connectivity index (χ1v) is 7.96. The van der Waals surface area contributed by atoms with Crippen molar-refractivity contribution in [3.05, 3.63) is 34.9 Å². The number of fused-ring (bicyclic) bond motifs is 3. The molecule has 0 amide bonds. The summed E-state index contributed by atoms with van der Waals surface area (Å²) in [6.07, 6.45) is -3.53. The van der Waals surface area contributed by atoms with Crippen molar-refractivity contribution in [3.8, 4) is 11.5 Å². The van der Waals surface area contributed by atoms with E-state index in [1.165, 1.54) is 12.1 Å². The zero-order chi connectivity index (χ0) is 27.0. The number of phenolic OH excluding ortho intramolecular Hbond substituents is 1. The van der Waals surface area contributed by atoms with Crippen LogP contribution in [0.25, 0.3) is 0 Å². The smallest absolute Gasteiger partial charge is 0.127 e. The number of ether oxygens (including phenoxy) is 1. The molecule has 1 aliphatic heterocycles. The van der Waals surface area contributed by atoms with E-state index < -0.39 is 61.2 Å². The van der Waals surface area contributed by atoms with Crippen LogP contribution >= 0.6 is 0 Å². The summed E-state index contributed by atoms with van der Waals surface area (Å²) in [6.45, 7) is -4.13. The van der Waals surface area contributed by atoms with Gasteiger partial charge in [-0.1, -0.05) is 31.4 Å². The molecule has 2 heteroatoms. The molecule has 1 aromatic rings. The van der Waals surface area contributed by atoms with Crippen LogP contribution in [0.3, 0.4) is 0 Å². The average molecular weight is 327 g/mol. The molecule has 0 aromatic heterocycles. The molecule has 2 nitrogen and oxygen atoms in total. The largest absolute Gasteiger partial charge is 0.507 e. The molecule has 0 spiro atoms. The van der Waals surface area contributed by atoms with Gasteiger partial charge in [0.05, 0.1) is 1.37 Å². The van der Waals surface area contributed by atoms with E-state index in [1.54, 1.807) is 0 Å². The van der Waals surface area contributed by atoms with Crippen molar-refractivity contribution in [1.82, 2.24) is 0 Å². The first-order chi connectivity index (χ1) is 15.7. The van der Waals surface area contributed by atoms with Gasteiger partial charge >= 0.3 is 0 Å². The molecule has 0 saturated carbocycles. The Labute approximate surface area is 157 Å². The van der Waals surface area contributed by atoms with Crippen molar-refractivity contribution in [1.29, 1.82) is 0 Å². The summed E-state index contributed by atoms with van der Waals surface area (Å²) < 4.78 is 107. The first-order valence-electron chi connectivity index (χ1n) is 14.0. The predicted molar refractivity (Wildman–Crippen MR) is 95.3 cm³/mol. The number of rotatable bonds is 4. The number of hydrogen-bond donors (Lipinski definition) is 1. The molecule has 2 atom stereocenters. The second-order valence-electron chi connectivity index (χ2n) is 6.13. The molecule has 1 aromatic carbocycles. The Morgan fingerprint density at radius 1 is 1.48 bits per heavy atom. The van der Waals surface area contributed by atoms with Gasteiger partial charge in [-0.3, -0.25) is 0 Å². The van der Waals surface area contributed by atoms with Crippen molar-refractivity contribution in [2.75, 3.05) is 0 Å². The number of aryl methyl sites for hydroxylation is 1. The lowest BCUT2D eigenvalue weighted by Gasteiger charge is -2.46. The molecule has 1 heterocycles. The highest BCUT2D eigenvalue weighted by Gasteiger charge is 2.45. The Bertz CT molecular complexity index is 1030. The first kappa shape index (κ1) is 7.21. The van der Waals surface area contributed by atoms with Crippen molar-refractivity contribution in [2.24, 2.45) is 5.89 Å². The van der Waals surface area contributed by atoms with Gasteiger partial charge in [-0.25, -0.2) is 0 Å². The number of unbranched alkanes of at least 4 members (excludes halogenated alkanes) is 2. The summed E-state index contributed by atoms with van der Waals surface area (Å²) in [7, 11) is 0. The van der Waals surface area contributed by atoms with E-state index >= 15 is 0 Å². The number of allylic oxidation sites excluding steroid dienone is 2. The Morgan fingerprint density at radius 3 is 3.04 bits per heavy atom. The van der Waals surface area contributed by atoms with Crippen LogP contribution in [0.15, 0.2) is 23.8 Å². The van der Waals surface area contributed by atoms with Gasteiger partial charge in [-0.15, -0.1) is 0 Å². The lowest BCUT2D eigenvalue weighted by Crippen LogP contribution is -2.45. The van der Waals surface area contributed by atoms with Gasteiger partial charge in [-0.05, 0) is 63.9 Å². The summed E-state index contributed by atoms with van der Waals surface area (Å²) in [6, 6.07) is 2.08. The van der Waals surface area contributed by atoms with Crippen molar-refractivity contribution < 1.29 is 26.3 Å². The van der Waals surface area contributed by atoms with Gasteiger partial charge in [0, 0.05) is 32.5 Å². The van der Waals surface area contributed by atoms with E-state index in [0.29, 0.717) is 12.0 Å². The van der Waals surface area contributed by atoms with Gasteiger partial charge in [-0.2, -0.15) is 0 Å². The molecule has 1 N–H and O–H groups in total. The van der Waals surface area contributed by atoms with Gasteiger partial charge in [0.15, 0.2) is 0 Å². The van der Waals surface area contributed by atoms with E-state index in [4.69, 9.17) is 19.8 Å². The van der Waals surface area contributed by atoms with E-state index in [-0.39, 0.29) is 11.3 Å². The van der Waals surface area contributed by atoms with E-state index in [1.807, 2.05) is 6.92 Å². The van der Waals surface area contributed by atoms with Gasteiger partial charge in [0.2, 0.25) is 0 Å². The number of aromatic hydroxyl groups is 1. The standard InChI is InChI=1S/C21H30O2/c1-5-6-7-8-15-12-18(22)20-16-11-14(2)9-10-17(16)21(3,4)23-19(20)13-15/h11-13,16-17,22H,5-10H2,1-4H3/t16-,17-/m1/s1/i3D3,4D3,9D2,10D2,11D,17D. The lowest BCUT2D eigenvalue weighted by molar-refractivity contribution is 0.0107. The van der Waals surface area contributed by atoms with Crippen molar-refractivity contribution in [2.45, 2.75) is 77.5 Å². The quantitative estimate of drug-likeness (QED) is 0.565. The summed E-state index contributed by atoms with van der Waals surface area (Å²) in [5, 5.41) is 11.0. The van der Waals surface area contributed by atoms with Gasteiger partial charge in [0.25, 0.3) is 0 Å². The monoisotopic (exact) mass is 326 g/mol. The molecule has 3 rings (SSSR count). The molecule has 2 aliphatic rings. The summed E-state index contributed by atoms with van der Waals surface area (Å²) in [4.78, 5) is 0. The fourth-order valence-electron chi connectivity index (χ4n) is 3.05. The normalized spacial score (nSPS) is 41.9.